The Morgan fingerprint density at radius 3 is 2.64 bits per heavy atom. The highest BCUT2D eigenvalue weighted by atomic mass is 15.3. The van der Waals surface area contributed by atoms with E-state index in [0.717, 1.165) is 24.1 Å². The number of para-hydroxylation sites is 1. The molecule has 3 aromatic rings. The van der Waals surface area contributed by atoms with Crippen LogP contribution in [0.3, 0.4) is 0 Å². The maximum atomic E-state index is 5.84. The Morgan fingerprint density at radius 2 is 1.86 bits per heavy atom. The van der Waals surface area contributed by atoms with Gasteiger partial charge < -0.3 is 5.73 Å². The van der Waals surface area contributed by atoms with E-state index in [4.69, 9.17) is 5.73 Å². The van der Waals surface area contributed by atoms with Crippen molar-refractivity contribution in [3.05, 3.63) is 72.6 Å². The lowest BCUT2D eigenvalue weighted by Crippen LogP contribution is -2.15. The molecule has 3 nitrogen and oxygen atoms in total. The van der Waals surface area contributed by atoms with Crippen molar-refractivity contribution in [2.75, 3.05) is 0 Å². The first-order chi connectivity index (χ1) is 10.7. The molecule has 0 saturated carbocycles. The van der Waals surface area contributed by atoms with E-state index >= 15 is 0 Å². The van der Waals surface area contributed by atoms with E-state index in [2.05, 4.69) is 47.7 Å². The van der Waals surface area contributed by atoms with Crippen molar-refractivity contribution in [1.29, 1.82) is 0 Å². The SMILES string of the molecule is CC(N)CCc1cccc(-c2cnn(-c3ccccc3)c2)c1. The Labute approximate surface area is 131 Å². The number of benzene rings is 2. The summed E-state index contributed by atoms with van der Waals surface area (Å²) in [5.41, 5.74) is 10.6. The third-order valence-corrected chi connectivity index (χ3v) is 3.75. The molecule has 2 N–H and O–H groups in total. The van der Waals surface area contributed by atoms with E-state index < -0.39 is 0 Å². The van der Waals surface area contributed by atoms with Gasteiger partial charge in [0.1, 0.15) is 0 Å². The second-order valence-corrected chi connectivity index (χ2v) is 5.73. The summed E-state index contributed by atoms with van der Waals surface area (Å²) in [5.74, 6) is 0. The lowest BCUT2D eigenvalue weighted by atomic mass is 10.0. The minimum Gasteiger partial charge on any atom is -0.328 e. The molecule has 0 aliphatic heterocycles. The molecule has 0 aliphatic carbocycles. The second-order valence-electron chi connectivity index (χ2n) is 5.73. The van der Waals surface area contributed by atoms with Crippen LogP contribution in [0.2, 0.25) is 0 Å². The van der Waals surface area contributed by atoms with Gasteiger partial charge in [-0.15, -0.1) is 0 Å². The van der Waals surface area contributed by atoms with Gasteiger partial charge in [0.05, 0.1) is 11.9 Å². The first-order valence-corrected chi connectivity index (χ1v) is 7.67. The van der Waals surface area contributed by atoms with Crippen LogP contribution in [0.15, 0.2) is 67.0 Å². The maximum Gasteiger partial charge on any atom is 0.0645 e. The lowest BCUT2D eigenvalue weighted by Gasteiger charge is -2.06. The predicted octanol–water partition coefficient (Wildman–Crippen LogP) is 3.82. The van der Waals surface area contributed by atoms with Crippen molar-refractivity contribution in [1.82, 2.24) is 9.78 Å². The van der Waals surface area contributed by atoms with Gasteiger partial charge in [-0.1, -0.05) is 42.5 Å². The van der Waals surface area contributed by atoms with Crippen LogP contribution >= 0.6 is 0 Å². The molecule has 0 spiro atoms. The van der Waals surface area contributed by atoms with Gasteiger partial charge in [0.25, 0.3) is 0 Å². The van der Waals surface area contributed by atoms with Gasteiger partial charge in [-0.2, -0.15) is 5.10 Å². The van der Waals surface area contributed by atoms with Gasteiger partial charge in [-0.05, 0) is 43.0 Å². The molecule has 1 atom stereocenters. The summed E-state index contributed by atoms with van der Waals surface area (Å²) < 4.78 is 1.91. The molecule has 22 heavy (non-hydrogen) atoms. The third-order valence-electron chi connectivity index (χ3n) is 3.75. The zero-order valence-corrected chi connectivity index (χ0v) is 12.8. The Hall–Kier alpha value is -2.39. The molecule has 0 amide bonds. The molecule has 0 aliphatic rings. The molecule has 112 valence electrons. The van der Waals surface area contributed by atoms with Crippen LogP contribution in [0.25, 0.3) is 16.8 Å². The highest BCUT2D eigenvalue weighted by Gasteiger charge is 2.05. The predicted molar refractivity (Wildman–Crippen MR) is 91.0 cm³/mol. The van der Waals surface area contributed by atoms with Crippen LogP contribution in [-0.2, 0) is 6.42 Å². The summed E-state index contributed by atoms with van der Waals surface area (Å²) >= 11 is 0. The fourth-order valence-electron chi connectivity index (χ4n) is 2.49. The fraction of sp³-hybridized carbons (Fsp3) is 0.211. The summed E-state index contributed by atoms with van der Waals surface area (Å²) in [6.45, 7) is 2.05. The van der Waals surface area contributed by atoms with Crippen LogP contribution in [0.1, 0.15) is 18.9 Å². The Kier molecular flexibility index (Phi) is 4.35. The topological polar surface area (TPSA) is 43.8 Å². The average molecular weight is 291 g/mol. The van der Waals surface area contributed by atoms with Gasteiger partial charge in [-0.3, -0.25) is 0 Å². The molecule has 1 heterocycles. The van der Waals surface area contributed by atoms with Gasteiger partial charge in [-0.25, -0.2) is 4.68 Å². The van der Waals surface area contributed by atoms with E-state index in [1.165, 1.54) is 11.1 Å². The number of nitrogens with two attached hydrogens (primary N) is 1. The minimum absolute atomic E-state index is 0.240. The lowest BCUT2D eigenvalue weighted by molar-refractivity contribution is 0.666. The number of aromatic nitrogens is 2. The summed E-state index contributed by atoms with van der Waals surface area (Å²) in [7, 11) is 0. The molecule has 0 bridgehead atoms. The molecule has 0 radical (unpaired) electrons. The van der Waals surface area contributed by atoms with Gasteiger partial charge in [0, 0.05) is 17.8 Å². The molecule has 3 rings (SSSR count). The average Bonchev–Trinajstić information content (AvgIpc) is 3.04. The highest BCUT2D eigenvalue weighted by molar-refractivity contribution is 5.63. The molecule has 1 unspecified atom stereocenters. The summed E-state index contributed by atoms with van der Waals surface area (Å²) in [6, 6.07) is 19.0. The number of nitrogens with zero attached hydrogens (tertiary/aromatic N) is 2. The fourth-order valence-corrected chi connectivity index (χ4v) is 2.49. The quantitative estimate of drug-likeness (QED) is 0.776. The third kappa shape index (κ3) is 3.43. The van der Waals surface area contributed by atoms with E-state index in [9.17, 15) is 0 Å². The second kappa shape index (κ2) is 6.58. The van der Waals surface area contributed by atoms with Crippen molar-refractivity contribution in [2.45, 2.75) is 25.8 Å². The Bertz CT molecular complexity index is 729. The Balaban J connectivity index is 1.83. The molecule has 0 saturated heterocycles. The minimum atomic E-state index is 0.240. The van der Waals surface area contributed by atoms with E-state index in [0.29, 0.717) is 0 Å². The molecule has 3 heteroatoms. The van der Waals surface area contributed by atoms with E-state index in [-0.39, 0.29) is 6.04 Å². The highest BCUT2D eigenvalue weighted by Crippen LogP contribution is 2.22. The number of hydrogen-bond acceptors (Lipinski definition) is 2. The monoisotopic (exact) mass is 291 g/mol. The summed E-state index contributed by atoms with van der Waals surface area (Å²) in [6.07, 6.45) is 6.00. The smallest absolute Gasteiger partial charge is 0.0645 e. The van der Waals surface area contributed by atoms with Gasteiger partial charge in [0.2, 0.25) is 0 Å². The van der Waals surface area contributed by atoms with Crippen molar-refractivity contribution in [2.24, 2.45) is 5.73 Å². The molecule has 0 fully saturated rings. The van der Waals surface area contributed by atoms with Crippen LogP contribution in [0.4, 0.5) is 0 Å². The zero-order valence-electron chi connectivity index (χ0n) is 12.8. The first-order valence-electron chi connectivity index (χ1n) is 7.67. The van der Waals surface area contributed by atoms with Crippen molar-refractivity contribution < 1.29 is 0 Å². The Morgan fingerprint density at radius 1 is 1.05 bits per heavy atom. The molecule has 2 aromatic carbocycles. The van der Waals surface area contributed by atoms with Crippen LogP contribution < -0.4 is 5.73 Å². The molecular weight excluding hydrogens is 270 g/mol. The van der Waals surface area contributed by atoms with E-state index in [1.54, 1.807) is 0 Å². The first kappa shape index (κ1) is 14.5. The van der Waals surface area contributed by atoms with Crippen molar-refractivity contribution >= 4 is 0 Å². The number of rotatable bonds is 5. The van der Waals surface area contributed by atoms with Crippen LogP contribution in [0, 0.1) is 0 Å². The van der Waals surface area contributed by atoms with Gasteiger partial charge in [0.15, 0.2) is 0 Å². The molecule has 1 aromatic heterocycles. The summed E-state index contributed by atoms with van der Waals surface area (Å²) in [4.78, 5) is 0. The van der Waals surface area contributed by atoms with Gasteiger partial charge >= 0.3 is 0 Å². The number of aryl methyl sites for hydroxylation is 1. The van der Waals surface area contributed by atoms with E-state index in [1.807, 2.05) is 36.0 Å². The normalized spacial score (nSPS) is 12.3. The summed E-state index contributed by atoms with van der Waals surface area (Å²) in [5, 5.41) is 4.46. The largest absolute Gasteiger partial charge is 0.328 e. The number of hydrogen-bond donors (Lipinski definition) is 1. The standard InChI is InChI=1S/C19H21N3/c1-15(20)10-11-16-6-5-7-17(12-16)18-13-21-22(14-18)19-8-3-2-4-9-19/h2-9,12-15H,10-11,20H2,1H3. The molecular formula is C19H21N3. The maximum absolute atomic E-state index is 5.84. The van der Waals surface area contributed by atoms with Crippen LogP contribution in [0.5, 0.6) is 0 Å². The van der Waals surface area contributed by atoms with Crippen molar-refractivity contribution in [3.63, 3.8) is 0 Å². The zero-order chi connectivity index (χ0) is 15.4. The van der Waals surface area contributed by atoms with Crippen LogP contribution in [-0.4, -0.2) is 15.8 Å². The van der Waals surface area contributed by atoms with Crippen molar-refractivity contribution in [3.8, 4) is 16.8 Å².